The Bertz CT molecular complexity index is 1230. The summed E-state index contributed by atoms with van der Waals surface area (Å²) in [4.78, 5) is 38.3. The Hall–Kier alpha value is -2.11. The lowest BCUT2D eigenvalue weighted by atomic mass is 10.0. The van der Waals surface area contributed by atoms with Crippen molar-refractivity contribution in [3.05, 3.63) is 24.3 Å². The number of carbonyl (C=O) groups excluding carboxylic acids is 3. The highest BCUT2D eigenvalue weighted by Gasteiger charge is 2.19. The van der Waals surface area contributed by atoms with E-state index >= 15 is 0 Å². The van der Waals surface area contributed by atoms with Gasteiger partial charge in [-0.2, -0.15) is 0 Å². The minimum Gasteiger partial charge on any atom is -0.462 e. The second-order valence-electron chi connectivity index (χ2n) is 23.5. The fourth-order valence-corrected chi connectivity index (χ4v) is 10.5. The third kappa shape index (κ3) is 62.7. The highest BCUT2D eigenvalue weighted by Crippen LogP contribution is 2.19. The van der Waals surface area contributed by atoms with Crippen LogP contribution in [0, 0.1) is 0 Å². The van der Waals surface area contributed by atoms with Gasteiger partial charge in [0.05, 0.1) is 0 Å². The van der Waals surface area contributed by atoms with Crippen molar-refractivity contribution in [3.63, 3.8) is 0 Å². The van der Waals surface area contributed by atoms with E-state index in [4.69, 9.17) is 14.2 Å². The number of hydrogen-bond donors (Lipinski definition) is 0. The van der Waals surface area contributed by atoms with E-state index in [-0.39, 0.29) is 31.1 Å². The molecule has 0 spiro atoms. The first-order valence-corrected chi connectivity index (χ1v) is 34.3. The summed E-state index contributed by atoms with van der Waals surface area (Å²) in [5.41, 5.74) is 0. The maximum atomic E-state index is 12.9. The molecule has 0 bridgehead atoms. The Balaban J connectivity index is 4.12. The number of ether oxygens (including phenoxy) is 3. The van der Waals surface area contributed by atoms with Gasteiger partial charge in [0.25, 0.3) is 0 Å². The second kappa shape index (κ2) is 65.4. The molecule has 0 N–H and O–H groups in total. The topological polar surface area (TPSA) is 78.9 Å². The summed E-state index contributed by atoms with van der Waals surface area (Å²) < 4.78 is 16.9. The molecule has 0 amide bonds. The third-order valence-electron chi connectivity index (χ3n) is 15.7. The molecule has 0 aliphatic rings. The lowest BCUT2D eigenvalue weighted by Crippen LogP contribution is -2.30. The molecule has 1 atom stereocenters. The van der Waals surface area contributed by atoms with Crippen LogP contribution in [0.5, 0.6) is 0 Å². The van der Waals surface area contributed by atoms with Crippen LogP contribution in [0.15, 0.2) is 24.3 Å². The summed E-state index contributed by atoms with van der Waals surface area (Å²) in [7, 11) is 0. The van der Waals surface area contributed by atoms with Crippen LogP contribution in [0.4, 0.5) is 0 Å². The number of allylic oxidation sites excluding steroid dienone is 4. The van der Waals surface area contributed by atoms with Gasteiger partial charge in [-0.05, 0) is 51.4 Å². The molecule has 0 fully saturated rings. The Morgan fingerprint density at radius 3 is 0.750 bits per heavy atom. The molecule has 1 unspecified atom stereocenters. The zero-order chi connectivity index (χ0) is 55.0. The van der Waals surface area contributed by atoms with Gasteiger partial charge in [-0.25, -0.2) is 0 Å². The molecule has 0 radical (unpaired) electrons. The average molecular weight is 1070 g/mol. The van der Waals surface area contributed by atoms with Crippen molar-refractivity contribution in [1.29, 1.82) is 0 Å². The molecule has 0 rings (SSSR count). The van der Waals surface area contributed by atoms with Gasteiger partial charge >= 0.3 is 17.9 Å². The summed E-state index contributed by atoms with van der Waals surface area (Å²) in [6, 6.07) is 0. The quantitative estimate of drug-likeness (QED) is 0.0261. The Labute approximate surface area is 474 Å². The predicted octanol–water partition coefficient (Wildman–Crippen LogP) is 23.4. The summed E-state index contributed by atoms with van der Waals surface area (Å²) in [5.74, 6) is -0.857. The van der Waals surface area contributed by atoms with Gasteiger partial charge in [0.1, 0.15) is 13.2 Å². The number of esters is 3. The predicted molar refractivity (Wildman–Crippen MR) is 330 cm³/mol. The van der Waals surface area contributed by atoms with Crippen LogP contribution in [0.3, 0.4) is 0 Å². The molecule has 6 heteroatoms. The molecule has 6 nitrogen and oxygen atoms in total. The second-order valence-corrected chi connectivity index (χ2v) is 23.5. The van der Waals surface area contributed by atoms with Crippen molar-refractivity contribution in [2.24, 2.45) is 0 Å². The fourth-order valence-electron chi connectivity index (χ4n) is 10.5. The molecule has 0 aromatic heterocycles. The largest absolute Gasteiger partial charge is 0.462 e. The third-order valence-corrected chi connectivity index (χ3v) is 15.7. The van der Waals surface area contributed by atoms with Gasteiger partial charge in [0, 0.05) is 19.3 Å². The molecule has 0 aliphatic heterocycles. The van der Waals surface area contributed by atoms with Crippen LogP contribution in [0.2, 0.25) is 0 Å². The minimum absolute atomic E-state index is 0.0711. The molecule has 0 heterocycles. The summed E-state index contributed by atoms with van der Waals surface area (Å²) in [5, 5.41) is 0. The van der Waals surface area contributed by atoms with E-state index in [1.165, 1.54) is 270 Å². The first-order valence-electron chi connectivity index (χ1n) is 34.3. The van der Waals surface area contributed by atoms with E-state index in [1.807, 2.05) is 0 Å². The van der Waals surface area contributed by atoms with Crippen molar-refractivity contribution in [1.82, 2.24) is 0 Å². The van der Waals surface area contributed by atoms with Crippen LogP contribution in [-0.2, 0) is 28.6 Å². The molecule has 0 aliphatic carbocycles. The monoisotopic (exact) mass is 1070 g/mol. The molecule has 0 aromatic rings. The van der Waals surface area contributed by atoms with E-state index in [0.717, 1.165) is 77.0 Å². The molecule has 448 valence electrons. The van der Waals surface area contributed by atoms with Crippen LogP contribution in [-0.4, -0.2) is 37.2 Å². The smallest absolute Gasteiger partial charge is 0.306 e. The van der Waals surface area contributed by atoms with Crippen LogP contribution in [0.1, 0.15) is 387 Å². The fraction of sp³-hybridized carbons (Fsp3) is 0.900. The van der Waals surface area contributed by atoms with Crippen LogP contribution < -0.4 is 0 Å². The lowest BCUT2D eigenvalue weighted by Gasteiger charge is -2.18. The maximum absolute atomic E-state index is 12.9. The van der Waals surface area contributed by atoms with Gasteiger partial charge in [-0.1, -0.05) is 340 Å². The lowest BCUT2D eigenvalue weighted by molar-refractivity contribution is -0.167. The van der Waals surface area contributed by atoms with Crippen LogP contribution >= 0.6 is 0 Å². The Kier molecular flexibility index (Phi) is 63.6. The molecule has 0 saturated carbocycles. The van der Waals surface area contributed by atoms with Crippen molar-refractivity contribution in [2.75, 3.05) is 13.2 Å². The Morgan fingerprint density at radius 2 is 0.474 bits per heavy atom. The zero-order valence-corrected chi connectivity index (χ0v) is 51.6. The maximum Gasteiger partial charge on any atom is 0.306 e. The van der Waals surface area contributed by atoms with E-state index in [9.17, 15) is 14.4 Å². The van der Waals surface area contributed by atoms with Crippen molar-refractivity contribution in [3.8, 4) is 0 Å². The van der Waals surface area contributed by atoms with E-state index in [1.54, 1.807) is 0 Å². The minimum atomic E-state index is -0.775. The highest BCUT2D eigenvalue weighted by atomic mass is 16.6. The first-order chi connectivity index (χ1) is 37.5. The van der Waals surface area contributed by atoms with Gasteiger partial charge in [0.15, 0.2) is 6.10 Å². The van der Waals surface area contributed by atoms with Gasteiger partial charge < -0.3 is 14.2 Å². The summed E-state index contributed by atoms with van der Waals surface area (Å²) >= 11 is 0. The number of rotatable bonds is 64. The van der Waals surface area contributed by atoms with Crippen molar-refractivity contribution >= 4 is 17.9 Å². The standard InChI is InChI=1S/C70H132O6/c1-4-7-10-13-16-19-22-25-27-28-29-30-31-32-33-34-35-36-37-38-39-40-41-43-45-48-51-54-57-60-63-69(72)75-66-67(65-74-68(71)62-59-56-53-50-47-44-24-21-18-15-12-9-6-3)76-70(73)64-61-58-55-52-49-46-42-26-23-20-17-14-11-8-5-2/h17,20,26,42,67H,4-16,18-19,21-25,27-41,43-66H2,1-3H3/b20-17-,42-26-. The number of hydrogen-bond acceptors (Lipinski definition) is 6. The van der Waals surface area contributed by atoms with Gasteiger partial charge in [-0.3, -0.25) is 14.4 Å². The zero-order valence-electron chi connectivity index (χ0n) is 51.6. The molecular formula is C70H132O6. The highest BCUT2D eigenvalue weighted by molar-refractivity contribution is 5.71. The molecule has 76 heavy (non-hydrogen) atoms. The molecule has 0 saturated heterocycles. The van der Waals surface area contributed by atoms with E-state index in [2.05, 4.69) is 45.1 Å². The van der Waals surface area contributed by atoms with Crippen molar-refractivity contribution in [2.45, 2.75) is 393 Å². The van der Waals surface area contributed by atoms with E-state index in [0.29, 0.717) is 19.3 Å². The normalized spacial score (nSPS) is 12.1. The number of unbranched alkanes of at least 4 members (excludes halogenated alkanes) is 49. The van der Waals surface area contributed by atoms with Gasteiger partial charge in [-0.15, -0.1) is 0 Å². The van der Waals surface area contributed by atoms with Gasteiger partial charge in [0.2, 0.25) is 0 Å². The molecular weight excluding hydrogens is 937 g/mol. The Morgan fingerprint density at radius 1 is 0.263 bits per heavy atom. The van der Waals surface area contributed by atoms with Crippen molar-refractivity contribution < 1.29 is 28.6 Å². The molecule has 0 aromatic carbocycles. The average Bonchev–Trinajstić information content (AvgIpc) is 3.42. The van der Waals surface area contributed by atoms with E-state index < -0.39 is 6.10 Å². The SMILES string of the molecule is CCCCC/C=C\C/C=C\CCCCCCCC(=O)OC(COC(=O)CCCCCCCCCCCCCCC)COC(=O)CCCCCCCCCCCCCCCCCCCCCCCCCCCCCCCC. The first kappa shape index (κ1) is 73.9. The summed E-state index contributed by atoms with van der Waals surface area (Å²) in [6.45, 7) is 6.67. The number of carbonyl (C=O) groups is 3. The summed E-state index contributed by atoms with van der Waals surface area (Å²) in [6.07, 6.45) is 79.3. The van der Waals surface area contributed by atoms with Crippen LogP contribution in [0.25, 0.3) is 0 Å².